The fourth-order valence-corrected chi connectivity index (χ4v) is 2.84. The first-order valence-electron chi connectivity index (χ1n) is 6.45. The molecule has 0 bridgehead atoms. The molecule has 6 heteroatoms. The summed E-state index contributed by atoms with van der Waals surface area (Å²) in [5.74, 6) is 2.28. The zero-order valence-corrected chi connectivity index (χ0v) is 13.7. The summed E-state index contributed by atoms with van der Waals surface area (Å²) >= 11 is 8.38. The van der Waals surface area contributed by atoms with E-state index in [9.17, 15) is 0 Å². The van der Waals surface area contributed by atoms with E-state index in [4.69, 9.17) is 21.1 Å². The molecule has 0 aliphatic carbocycles. The van der Waals surface area contributed by atoms with E-state index in [-0.39, 0.29) is 0 Å². The number of H-pyrrole nitrogens is 1. The van der Waals surface area contributed by atoms with Crippen LogP contribution in [0, 0.1) is 3.57 Å². The van der Waals surface area contributed by atoms with Gasteiger partial charge in [-0.2, -0.15) is 0 Å². The van der Waals surface area contributed by atoms with Crippen molar-refractivity contribution in [3.8, 4) is 22.9 Å². The normalized spacial score (nSPS) is 13.6. The van der Waals surface area contributed by atoms with E-state index in [0.717, 1.165) is 42.5 Å². The molecule has 0 amide bonds. The van der Waals surface area contributed by atoms with E-state index in [1.54, 1.807) is 0 Å². The first kappa shape index (κ1) is 13.2. The van der Waals surface area contributed by atoms with Crippen LogP contribution in [0.4, 0.5) is 0 Å². The third kappa shape index (κ3) is 2.34. The molecule has 0 saturated carbocycles. The van der Waals surface area contributed by atoms with Crippen LogP contribution >= 0.6 is 34.2 Å². The Morgan fingerprint density at radius 2 is 1.86 bits per heavy atom. The second kappa shape index (κ2) is 5.06. The molecule has 2 aromatic carbocycles. The fourth-order valence-electron chi connectivity index (χ4n) is 2.33. The number of rotatable bonds is 1. The molecular formula is C15H10ClIN2O2. The highest BCUT2D eigenvalue weighted by molar-refractivity contribution is 14.1. The van der Waals surface area contributed by atoms with Crippen LogP contribution in [0.25, 0.3) is 22.4 Å². The van der Waals surface area contributed by atoms with E-state index in [0.29, 0.717) is 13.2 Å². The van der Waals surface area contributed by atoms with Gasteiger partial charge in [0.05, 0.1) is 16.1 Å². The Bertz CT molecular complexity index is 804. The van der Waals surface area contributed by atoms with Gasteiger partial charge in [-0.15, -0.1) is 0 Å². The van der Waals surface area contributed by atoms with Gasteiger partial charge in [0.25, 0.3) is 0 Å². The van der Waals surface area contributed by atoms with Crippen LogP contribution in [0.2, 0.25) is 5.02 Å². The number of benzene rings is 2. The van der Waals surface area contributed by atoms with Gasteiger partial charge in [0.1, 0.15) is 19.0 Å². The van der Waals surface area contributed by atoms with Gasteiger partial charge in [-0.05, 0) is 34.7 Å². The molecule has 106 valence electrons. The van der Waals surface area contributed by atoms with Gasteiger partial charge < -0.3 is 14.5 Å². The number of hydrogen-bond donors (Lipinski definition) is 1. The van der Waals surface area contributed by atoms with Gasteiger partial charge in [0.2, 0.25) is 0 Å². The quantitative estimate of drug-likeness (QED) is 0.608. The molecule has 0 saturated heterocycles. The smallest absolute Gasteiger partial charge is 0.163 e. The Balaban J connectivity index is 1.84. The van der Waals surface area contributed by atoms with Crippen molar-refractivity contribution in [2.75, 3.05) is 13.2 Å². The summed E-state index contributed by atoms with van der Waals surface area (Å²) in [6.45, 7) is 1.15. The Morgan fingerprint density at radius 3 is 2.62 bits per heavy atom. The Kier molecular flexibility index (Phi) is 3.19. The first-order valence-corrected chi connectivity index (χ1v) is 7.91. The van der Waals surface area contributed by atoms with E-state index in [1.165, 1.54) is 0 Å². The molecule has 2 heterocycles. The number of aromatic amines is 1. The Morgan fingerprint density at radius 1 is 1.10 bits per heavy atom. The van der Waals surface area contributed by atoms with Crippen molar-refractivity contribution in [3.63, 3.8) is 0 Å². The number of nitrogens with one attached hydrogen (secondary N) is 1. The van der Waals surface area contributed by atoms with Crippen molar-refractivity contribution < 1.29 is 9.47 Å². The molecule has 0 radical (unpaired) electrons. The van der Waals surface area contributed by atoms with Gasteiger partial charge >= 0.3 is 0 Å². The molecule has 0 atom stereocenters. The molecule has 1 aliphatic heterocycles. The number of fused-ring (bicyclic) bond motifs is 2. The second-order valence-corrected chi connectivity index (χ2v) is 6.30. The summed E-state index contributed by atoms with van der Waals surface area (Å²) in [5.41, 5.74) is 2.73. The lowest BCUT2D eigenvalue weighted by atomic mass is 10.2. The number of halogens is 2. The number of hydrogen-bond acceptors (Lipinski definition) is 3. The summed E-state index contributed by atoms with van der Waals surface area (Å²) < 4.78 is 12.2. The average molecular weight is 413 g/mol. The summed E-state index contributed by atoms with van der Waals surface area (Å²) in [6, 6.07) is 9.71. The third-order valence-electron chi connectivity index (χ3n) is 3.34. The van der Waals surface area contributed by atoms with Crippen LogP contribution < -0.4 is 9.47 Å². The van der Waals surface area contributed by atoms with Crippen LogP contribution in [0.15, 0.2) is 30.3 Å². The Labute approximate surface area is 139 Å². The molecule has 0 spiro atoms. The molecule has 21 heavy (non-hydrogen) atoms. The molecule has 1 aliphatic rings. The molecule has 4 nitrogen and oxygen atoms in total. The van der Waals surface area contributed by atoms with Crippen LogP contribution in [0.1, 0.15) is 0 Å². The monoisotopic (exact) mass is 412 g/mol. The number of nitrogens with zero attached hydrogens (tertiary/aromatic N) is 1. The topological polar surface area (TPSA) is 47.1 Å². The molecule has 0 unspecified atom stereocenters. The minimum atomic E-state index is 0.572. The zero-order valence-electron chi connectivity index (χ0n) is 10.8. The van der Waals surface area contributed by atoms with E-state index in [1.807, 2.05) is 30.3 Å². The molecule has 4 rings (SSSR count). The van der Waals surface area contributed by atoms with Gasteiger partial charge in [-0.25, -0.2) is 4.98 Å². The van der Waals surface area contributed by atoms with Crippen LogP contribution in [0.5, 0.6) is 11.5 Å². The lowest BCUT2D eigenvalue weighted by Gasteiger charge is -2.17. The highest BCUT2D eigenvalue weighted by atomic mass is 127. The lowest BCUT2D eigenvalue weighted by molar-refractivity contribution is 0.172. The predicted octanol–water partition coefficient (Wildman–Crippen LogP) is 4.26. The SMILES string of the molecule is Clc1cc(-c2nc3cc4c(cc3[nH]2)OCCO4)ccc1I. The van der Waals surface area contributed by atoms with Crippen LogP contribution in [-0.4, -0.2) is 23.2 Å². The molecule has 1 aromatic heterocycles. The van der Waals surface area contributed by atoms with Crippen molar-refractivity contribution in [2.24, 2.45) is 0 Å². The Hall–Kier alpha value is -1.47. The largest absolute Gasteiger partial charge is 0.486 e. The lowest BCUT2D eigenvalue weighted by Crippen LogP contribution is -2.15. The van der Waals surface area contributed by atoms with Crippen molar-refractivity contribution in [1.29, 1.82) is 0 Å². The molecule has 3 aromatic rings. The maximum atomic E-state index is 6.18. The van der Waals surface area contributed by atoms with Crippen molar-refractivity contribution in [2.45, 2.75) is 0 Å². The van der Waals surface area contributed by atoms with E-state index < -0.39 is 0 Å². The highest BCUT2D eigenvalue weighted by Gasteiger charge is 2.15. The minimum absolute atomic E-state index is 0.572. The van der Waals surface area contributed by atoms with Crippen molar-refractivity contribution in [1.82, 2.24) is 9.97 Å². The second-order valence-electron chi connectivity index (χ2n) is 4.73. The number of aromatic nitrogens is 2. The van der Waals surface area contributed by atoms with Gasteiger partial charge in [-0.1, -0.05) is 17.7 Å². The van der Waals surface area contributed by atoms with Gasteiger partial charge in [0.15, 0.2) is 11.5 Å². The zero-order chi connectivity index (χ0) is 14.4. The molecule has 0 fully saturated rings. The summed E-state index contributed by atoms with van der Waals surface area (Å²) in [6.07, 6.45) is 0. The predicted molar refractivity (Wildman–Crippen MR) is 90.2 cm³/mol. The maximum absolute atomic E-state index is 6.18. The third-order valence-corrected chi connectivity index (χ3v) is 4.91. The average Bonchev–Trinajstić information content (AvgIpc) is 2.90. The minimum Gasteiger partial charge on any atom is -0.486 e. The van der Waals surface area contributed by atoms with E-state index in [2.05, 4.69) is 32.6 Å². The van der Waals surface area contributed by atoms with Crippen molar-refractivity contribution >= 4 is 45.2 Å². The molecule has 1 N–H and O–H groups in total. The van der Waals surface area contributed by atoms with Gasteiger partial charge in [-0.3, -0.25) is 0 Å². The molecular weight excluding hydrogens is 403 g/mol. The highest BCUT2D eigenvalue weighted by Crippen LogP contribution is 2.35. The maximum Gasteiger partial charge on any atom is 0.163 e. The van der Waals surface area contributed by atoms with E-state index >= 15 is 0 Å². The fraction of sp³-hybridized carbons (Fsp3) is 0.133. The summed E-state index contributed by atoms with van der Waals surface area (Å²) in [5, 5.41) is 0.722. The summed E-state index contributed by atoms with van der Waals surface area (Å²) in [7, 11) is 0. The first-order chi connectivity index (χ1) is 10.2. The van der Waals surface area contributed by atoms with Crippen LogP contribution in [-0.2, 0) is 0 Å². The van der Waals surface area contributed by atoms with Crippen LogP contribution in [0.3, 0.4) is 0 Å². The standard InChI is InChI=1S/C15H10ClIN2O2/c16-9-5-8(1-2-10(9)17)15-18-11-6-13-14(7-12(11)19-15)21-4-3-20-13/h1-2,5-7H,3-4H2,(H,18,19). The van der Waals surface area contributed by atoms with Crippen molar-refractivity contribution in [3.05, 3.63) is 38.9 Å². The number of imidazole rings is 1. The van der Waals surface area contributed by atoms with Gasteiger partial charge in [0, 0.05) is 21.3 Å². The summed E-state index contributed by atoms with van der Waals surface area (Å²) in [4.78, 5) is 7.91. The number of ether oxygens (including phenoxy) is 2.